The first kappa shape index (κ1) is 17.6. The Balaban J connectivity index is 3.36. The summed E-state index contributed by atoms with van der Waals surface area (Å²) in [5.74, 6) is 1.48. The van der Waals surface area contributed by atoms with Crippen LogP contribution in [-0.4, -0.2) is 25.1 Å². The van der Waals surface area contributed by atoms with Crippen molar-refractivity contribution >= 4 is 20.8 Å². The summed E-state index contributed by atoms with van der Waals surface area (Å²) in [4.78, 5) is 0. The molecule has 0 rings (SSSR count). The molecule has 0 heterocycles. The van der Waals surface area contributed by atoms with Gasteiger partial charge in [0.1, 0.15) is 6.79 Å². The van der Waals surface area contributed by atoms with Crippen molar-refractivity contribution in [1.29, 1.82) is 0 Å². The van der Waals surface area contributed by atoms with Crippen LogP contribution in [0.3, 0.4) is 0 Å². The summed E-state index contributed by atoms with van der Waals surface area (Å²) >= 11 is 6.00. The van der Waals surface area contributed by atoms with Crippen molar-refractivity contribution in [2.24, 2.45) is 11.8 Å². The lowest BCUT2D eigenvalue weighted by molar-refractivity contribution is -0.0383. The highest BCUT2D eigenvalue weighted by Gasteiger charge is 2.10. The third kappa shape index (κ3) is 12.9. The molecule has 0 aromatic heterocycles. The fourth-order valence-corrected chi connectivity index (χ4v) is 2.56. The first-order valence-corrected chi connectivity index (χ1v) is 7.81. The van der Waals surface area contributed by atoms with Gasteiger partial charge >= 0.3 is 0 Å². The molecule has 4 unspecified atom stereocenters. The Labute approximate surface area is 114 Å². The van der Waals surface area contributed by atoms with Gasteiger partial charge in [0.2, 0.25) is 0 Å². The Hall–Kier alpha value is 0.640. The number of hydrogen-bond acceptors (Lipinski definition) is 2. The molecule has 0 saturated heterocycles. The predicted octanol–water partition coefficient (Wildman–Crippen LogP) is 4.27. The fraction of sp³-hybridized carbons (Fsp3) is 1.00. The van der Waals surface area contributed by atoms with Gasteiger partial charge in [0.15, 0.2) is 0 Å². The van der Waals surface area contributed by atoms with Crippen LogP contribution in [0, 0.1) is 11.8 Å². The number of hydrogen-bond donors (Lipinski definition) is 0. The number of halogens is 1. The Morgan fingerprint density at radius 2 is 1.76 bits per heavy atom. The van der Waals surface area contributed by atoms with Gasteiger partial charge in [-0.15, -0.1) is 20.8 Å². The summed E-state index contributed by atoms with van der Waals surface area (Å²) in [6.07, 6.45) is 5.36. The summed E-state index contributed by atoms with van der Waals surface area (Å²) in [7, 11) is 2.51. The molecule has 0 fully saturated rings. The summed E-state index contributed by atoms with van der Waals surface area (Å²) < 4.78 is 10.4. The molecule has 0 aliphatic heterocycles. The second-order valence-corrected chi connectivity index (χ2v) is 6.08. The minimum atomic E-state index is 0.296. The summed E-state index contributed by atoms with van der Waals surface area (Å²) in [6, 6.07) is 0. The molecule has 0 aliphatic carbocycles. The lowest BCUT2D eigenvalue weighted by Crippen LogP contribution is -2.08. The van der Waals surface area contributed by atoms with Crippen LogP contribution >= 0.6 is 20.8 Å². The van der Waals surface area contributed by atoms with Gasteiger partial charge in [-0.25, -0.2) is 0 Å². The zero-order valence-corrected chi connectivity index (χ0v) is 13.4. The minimum absolute atomic E-state index is 0.296. The third-order valence-electron chi connectivity index (χ3n) is 2.80. The van der Waals surface area contributed by atoms with Gasteiger partial charge in [-0.3, -0.25) is 0 Å². The van der Waals surface area contributed by atoms with Gasteiger partial charge in [-0.1, -0.05) is 13.8 Å². The smallest absolute Gasteiger partial charge is 0.147 e. The predicted molar refractivity (Wildman–Crippen MR) is 78.6 cm³/mol. The molecule has 0 aromatic rings. The molecule has 104 valence electrons. The van der Waals surface area contributed by atoms with Crippen molar-refractivity contribution in [2.45, 2.75) is 51.8 Å². The van der Waals surface area contributed by atoms with Gasteiger partial charge in [0.05, 0.1) is 6.35 Å². The standard InChI is InChI=1S/C13H28ClO2P/c1-11(7-12(2)8-13(3)14)5-4-6-15-9-16-10-17/h11-13H,4-10,17H2,1-3H3. The molecule has 0 radical (unpaired) electrons. The van der Waals surface area contributed by atoms with E-state index >= 15 is 0 Å². The van der Waals surface area contributed by atoms with E-state index in [1.807, 2.05) is 0 Å². The highest BCUT2D eigenvalue weighted by Crippen LogP contribution is 2.21. The Bertz CT molecular complexity index is 167. The lowest BCUT2D eigenvalue weighted by atomic mass is 9.91. The summed E-state index contributed by atoms with van der Waals surface area (Å²) in [5.41, 5.74) is 0. The van der Waals surface area contributed by atoms with Gasteiger partial charge in [-0.05, 0) is 44.4 Å². The summed E-state index contributed by atoms with van der Waals surface area (Å²) in [6.45, 7) is 7.89. The third-order valence-corrected chi connectivity index (χ3v) is 3.22. The van der Waals surface area contributed by atoms with Crippen LogP contribution in [0.25, 0.3) is 0 Å². The van der Waals surface area contributed by atoms with E-state index in [1.54, 1.807) is 0 Å². The second kappa shape index (κ2) is 11.7. The molecular formula is C13H28ClO2P. The van der Waals surface area contributed by atoms with Crippen molar-refractivity contribution in [3.63, 3.8) is 0 Å². The summed E-state index contributed by atoms with van der Waals surface area (Å²) in [5, 5.41) is 0.296. The van der Waals surface area contributed by atoms with Crippen molar-refractivity contribution in [1.82, 2.24) is 0 Å². The fourth-order valence-electron chi connectivity index (χ4n) is 2.16. The van der Waals surface area contributed by atoms with Crippen molar-refractivity contribution in [3.8, 4) is 0 Å². The molecule has 0 N–H and O–H groups in total. The van der Waals surface area contributed by atoms with Crippen LogP contribution in [0.15, 0.2) is 0 Å². The van der Waals surface area contributed by atoms with Crippen LogP contribution in [-0.2, 0) is 9.47 Å². The number of rotatable bonds is 11. The topological polar surface area (TPSA) is 18.5 Å². The van der Waals surface area contributed by atoms with Crippen molar-refractivity contribution in [2.75, 3.05) is 19.7 Å². The first-order valence-electron chi connectivity index (χ1n) is 6.55. The van der Waals surface area contributed by atoms with E-state index in [-0.39, 0.29) is 0 Å². The number of alkyl halides is 1. The second-order valence-electron chi connectivity index (χ2n) is 5.00. The van der Waals surface area contributed by atoms with Gasteiger partial charge in [0, 0.05) is 12.0 Å². The van der Waals surface area contributed by atoms with Crippen LogP contribution in [0.2, 0.25) is 0 Å². The molecule has 0 saturated carbocycles. The highest BCUT2D eigenvalue weighted by molar-refractivity contribution is 7.16. The molecular weight excluding hydrogens is 255 g/mol. The quantitative estimate of drug-likeness (QED) is 0.244. The zero-order chi connectivity index (χ0) is 13.1. The first-order chi connectivity index (χ1) is 8.06. The Kier molecular flexibility index (Phi) is 12.2. The zero-order valence-electron chi connectivity index (χ0n) is 11.5. The SMILES string of the molecule is CC(Cl)CC(C)CC(C)CCCOCOCP. The van der Waals surface area contributed by atoms with E-state index < -0.39 is 0 Å². The Morgan fingerprint density at radius 1 is 1.06 bits per heavy atom. The molecule has 0 amide bonds. The average molecular weight is 283 g/mol. The lowest BCUT2D eigenvalue weighted by Gasteiger charge is -2.18. The van der Waals surface area contributed by atoms with Crippen molar-refractivity contribution < 1.29 is 9.47 Å². The average Bonchev–Trinajstić information content (AvgIpc) is 2.21. The molecule has 2 nitrogen and oxygen atoms in total. The van der Waals surface area contributed by atoms with Crippen LogP contribution in [0.4, 0.5) is 0 Å². The van der Waals surface area contributed by atoms with E-state index in [2.05, 4.69) is 30.0 Å². The van der Waals surface area contributed by atoms with Crippen LogP contribution in [0.1, 0.15) is 46.5 Å². The van der Waals surface area contributed by atoms with E-state index in [0.29, 0.717) is 18.5 Å². The maximum atomic E-state index is 6.00. The van der Waals surface area contributed by atoms with Crippen LogP contribution < -0.4 is 0 Å². The van der Waals surface area contributed by atoms with E-state index in [1.165, 1.54) is 12.8 Å². The largest absolute Gasteiger partial charge is 0.355 e. The van der Waals surface area contributed by atoms with Gasteiger partial charge in [-0.2, -0.15) is 0 Å². The maximum Gasteiger partial charge on any atom is 0.147 e. The molecule has 4 heteroatoms. The molecule has 0 aliphatic rings. The normalized spacial score (nSPS) is 16.8. The highest BCUT2D eigenvalue weighted by atomic mass is 35.5. The van der Waals surface area contributed by atoms with E-state index in [9.17, 15) is 0 Å². The molecule has 0 spiro atoms. The van der Waals surface area contributed by atoms with E-state index in [0.717, 1.165) is 31.3 Å². The van der Waals surface area contributed by atoms with Gasteiger partial charge < -0.3 is 9.47 Å². The van der Waals surface area contributed by atoms with Gasteiger partial charge in [0.25, 0.3) is 0 Å². The monoisotopic (exact) mass is 282 g/mol. The van der Waals surface area contributed by atoms with Crippen molar-refractivity contribution in [3.05, 3.63) is 0 Å². The molecule has 17 heavy (non-hydrogen) atoms. The van der Waals surface area contributed by atoms with E-state index in [4.69, 9.17) is 21.1 Å². The molecule has 4 atom stereocenters. The molecule has 0 aromatic carbocycles. The Morgan fingerprint density at radius 3 is 2.35 bits per heavy atom. The maximum absolute atomic E-state index is 6.00. The minimum Gasteiger partial charge on any atom is -0.355 e. The van der Waals surface area contributed by atoms with Crippen LogP contribution in [0.5, 0.6) is 0 Å². The molecule has 0 bridgehead atoms. The number of ether oxygens (including phenoxy) is 2.